The number of anilines is 1. The Morgan fingerprint density at radius 1 is 1.22 bits per heavy atom. The van der Waals surface area contributed by atoms with E-state index in [0.717, 1.165) is 14.8 Å². The molecule has 0 bridgehead atoms. The van der Waals surface area contributed by atoms with Gasteiger partial charge in [0.2, 0.25) is 0 Å². The van der Waals surface area contributed by atoms with Crippen molar-refractivity contribution in [2.24, 2.45) is 0 Å². The molecule has 18 heavy (non-hydrogen) atoms. The maximum Gasteiger partial charge on any atom is 0.163 e. The van der Waals surface area contributed by atoms with Crippen LogP contribution in [0.5, 0.6) is 0 Å². The number of nitrogens with zero attached hydrogens (tertiary/aromatic N) is 2. The molecule has 0 aliphatic heterocycles. The van der Waals surface area contributed by atoms with Crippen molar-refractivity contribution >= 4 is 40.0 Å². The summed E-state index contributed by atoms with van der Waals surface area (Å²) in [4.78, 5) is 8.99. The van der Waals surface area contributed by atoms with Crippen LogP contribution in [0.25, 0.3) is 11.4 Å². The van der Waals surface area contributed by atoms with Crippen LogP contribution in [0.3, 0.4) is 0 Å². The molecule has 1 aliphatic rings. The molecule has 0 saturated heterocycles. The largest absolute Gasteiger partial charge is 0.383 e. The molecule has 92 valence electrons. The van der Waals surface area contributed by atoms with Crippen LogP contribution in [0.15, 0.2) is 24.3 Å². The Morgan fingerprint density at radius 3 is 2.61 bits per heavy atom. The Labute approximate surface area is 124 Å². The lowest BCUT2D eigenvalue weighted by atomic mass is 10.2. The van der Waals surface area contributed by atoms with Gasteiger partial charge in [-0.25, -0.2) is 9.97 Å². The molecule has 1 heterocycles. The minimum atomic E-state index is 0.544. The number of hydrogen-bond donors (Lipinski definition) is 1. The fraction of sp³-hybridized carbons (Fsp3) is 0.231. The summed E-state index contributed by atoms with van der Waals surface area (Å²) in [6.07, 6.45) is 2.38. The fourth-order valence-electron chi connectivity index (χ4n) is 1.87. The Hall–Kier alpha value is -0.880. The van der Waals surface area contributed by atoms with Crippen LogP contribution >= 0.6 is 34.2 Å². The topological polar surface area (TPSA) is 51.8 Å². The standard InChI is InChI=1S/C13H11ClIN3/c14-9-4-2-1-3-8(9)13-17-11(7-5-6-7)10(15)12(16)18-13/h1-4,7H,5-6H2,(H2,16,17,18). The molecule has 5 heteroatoms. The lowest BCUT2D eigenvalue weighted by molar-refractivity contribution is 0.983. The minimum Gasteiger partial charge on any atom is -0.383 e. The molecule has 0 unspecified atom stereocenters. The summed E-state index contributed by atoms with van der Waals surface area (Å²) < 4.78 is 0.978. The normalized spacial score (nSPS) is 14.8. The van der Waals surface area contributed by atoms with Crippen molar-refractivity contribution in [1.29, 1.82) is 0 Å². The highest BCUT2D eigenvalue weighted by atomic mass is 127. The van der Waals surface area contributed by atoms with E-state index < -0.39 is 0 Å². The zero-order valence-electron chi connectivity index (χ0n) is 9.53. The van der Waals surface area contributed by atoms with E-state index in [1.165, 1.54) is 12.8 Å². The number of benzene rings is 1. The molecule has 0 amide bonds. The first kappa shape index (κ1) is 12.2. The lowest BCUT2D eigenvalue weighted by Crippen LogP contribution is -2.04. The van der Waals surface area contributed by atoms with Gasteiger partial charge in [0.25, 0.3) is 0 Å². The number of hydrogen-bond acceptors (Lipinski definition) is 3. The van der Waals surface area contributed by atoms with Gasteiger partial charge in [0, 0.05) is 11.5 Å². The van der Waals surface area contributed by atoms with Gasteiger partial charge in [-0.2, -0.15) is 0 Å². The van der Waals surface area contributed by atoms with Crippen molar-refractivity contribution < 1.29 is 0 Å². The third-order valence-electron chi connectivity index (χ3n) is 2.98. The summed E-state index contributed by atoms with van der Waals surface area (Å²) in [7, 11) is 0. The van der Waals surface area contributed by atoms with Crippen LogP contribution in [-0.2, 0) is 0 Å². The van der Waals surface area contributed by atoms with Gasteiger partial charge < -0.3 is 5.73 Å². The second-order valence-electron chi connectivity index (χ2n) is 4.39. The first-order valence-corrected chi connectivity index (χ1v) is 7.20. The molecule has 2 N–H and O–H groups in total. The molecule has 0 radical (unpaired) electrons. The first-order valence-electron chi connectivity index (χ1n) is 5.74. The van der Waals surface area contributed by atoms with E-state index in [4.69, 9.17) is 17.3 Å². The quantitative estimate of drug-likeness (QED) is 0.816. The Bertz CT molecular complexity index is 611. The van der Waals surface area contributed by atoms with Gasteiger partial charge in [-0.3, -0.25) is 0 Å². The molecule has 1 saturated carbocycles. The number of nitrogens with two attached hydrogens (primary N) is 1. The van der Waals surface area contributed by atoms with Crippen molar-refractivity contribution in [3.8, 4) is 11.4 Å². The highest BCUT2D eigenvalue weighted by Gasteiger charge is 2.29. The number of halogens is 2. The lowest BCUT2D eigenvalue weighted by Gasteiger charge is -2.09. The molecule has 1 aliphatic carbocycles. The average Bonchev–Trinajstić information content (AvgIpc) is 3.17. The van der Waals surface area contributed by atoms with Crippen LogP contribution in [0.4, 0.5) is 5.82 Å². The molecule has 3 nitrogen and oxygen atoms in total. The molecular weight excluding hydrogens is 361 g/mol. The van der Waals surface area contributed by atoms with E-state index in [0.29, 0.717) is 22.6 Å². The zero-order valence-corrected chi connectivity index (χ0v) is 12.4. The predicted molar refractivity (Wildman–Crippen MR) is 81.6 cm³/mol. The van der Waals surface area contributed by atoms with Crippen molar-refractivity contribution in [1.82, 2.24) is 9.97 Å². The Balaban J connectivity index is 2.16. The van der Waals surface area contributed by atoms with Gasteiger partial charge in [-0.05, 0) is 47.6 Å². The molecule has 0 spiro atoms. The summed E-state index contributed by atoms with van der Waals surface area (Å²) >= 11 is 8.40. The van der Waals surface area contributed by atoms with Gasteiger partial charge in [-0.1, -0.05) is 23.7 Å². The van der Waals surface area contributed by atoms with Crippen LogP contribution in [0.1, 0.15) is 24.5 Å². The summed E-state index contributed by atoms with van der Waals surface area (Å²) in [5.74, 6) is 1.71. The van der Waals surface area contributed by atoms with Crippen LogP contribution in [0.2, 0.25) is 5.02 Å². The zero-order chi connectivity index (χ0) is 12.7. The number of rotatable bonds is 2. The summed E-state index contributed by atoms with van der Waals surface area (Å²) in [5.41, 5.74) is 7.88. The molecule has 3 rings (SSSR count). The van der Waals surface area contributed by atoms with E-state index in [1.54, 1.807) is 0 Å². The molecule has 1 fully saturated rings. The van der Waals surface area contributed by atoms with E-state index in [-0.39, 0.29) is 0 Å². The molecule has 1 aromatic heterocycles. The Morgan fingerprint density at radius 2 is 1.94 bits per heavy atom. The second kappa shape index (κ2) is 4.66. The highest BCUT2D eigenvalue weighted by molar-refractivity contribution is 14.1. The van der Waals surface area contributed by atoms with Gasteiger partial charge in [-0.15, -0.1) is 0 Å². The monoisotopic (exact) mass is 371 g/mol. The average molecular weight is 372 g/mol. The minimum absolute atomic E-state index is 0.544. The molecule has 2 aromatic rings. The van der Waals surface area contributed by atoms with E-state index >= 15 is 0 Å². The third-order valence-corrected chi connectivity index (χ3v) is 4.42. The first-order chi connectivity index (χ1) is 8.66. The summed E-state index contributed by atoms with van der Waals surface area (Å²) in [5, 5.41) is 0.653. The van der Waals surface area contributed by atoms with Crippen LogP contribution in [-0.4, -0.2) is 9.97 Å². The van der Waals surface area contributed by atoms with Crippen LogP contribution in [0, 0.1) is 3.57 Å². The van der Waals surface area contributed by atoms with Gasteiger partial charge in [0.05, 0.1) is 14.3 Å². The number of nitrogen functional groups attached to an aromatic ring is 1. The van der Waals surface area contributed by atoms with Gasteiger partial charge in [0.1, 0.15) is 5.82 Å². The molecular formula is C13H11ClIN3. The summed E-state index contributed by atoms with van der Waals surface area (Å²) in [6.45, 7) is 0. The van der Waals surface area contributed by atoms with Gasteiger partial charge in [0.15, 0.2) is 5.82 Å². The Kier molecular flexibility index (Phi) is 3.15. The van der Waals surface area contributed by atoms with Crippen LogP contribution < -0.4 is 5.73 Å². The van der Waals surface area contributed by atoms with E-state index in [2.05, 4.69) is 32.6 Å². The summed E-state index contributed by atoms with van der Waals surface area (Å²) in [6, 6.07) is 7.57. The molecule has 1 aromatic carbocycles. The van der Waals surface area contributed by atoms with E-state index in [9.17, 15) is 0 Å². The van der Waals surface area contributed by atoms with Gasteiger partial charge >= 0.3 is 0 Å². The van der Waals surface area contributed by atoms with Crippen molar-refractivity contribution in [3.05, 3.63) is 38.6 Å². The predicted octanol–water partition coefficient (Wildman–Crippen LogP) is 3.86. The van der Waals surface area contributed by atoms with Crippen molar-refractivity contribution in [2.75, 3.05) is 5.73 Å². The SMILES string of the molecule is Nc1nc(-c2ccccc2Cl)nc(C2CC2)c1I. The third kappa shape index (κ3) is 2.19. The van der Waals surface area contributed by atoms with E-state index in [1.807, 2.05) is 24.3 Å². The fourth-order valence-corrected chi connectivity index (χ4v) is 2.77. The maximum absolute atomic E-state index is 6.18. The maximum atomic E-state index is 6.18. The van der Waals surface area contributed by atoms with Crippen molar-refractivity contribution in [2.45, 2.75) is 18.8 Å². The second-order valence-corrected chi connectivity index (χ2v) is 5.87. The van der Waals surface area contributed by atoms with Crippen molar-refractivity contribution in [3.63, 3.8) is 0 Å². The molecule has 0 atom stereocenters. The number of aromatic nitrogens is 2. The highest BCUT2D eigenvalue weighted by Crippen LogP contribution is 2.42. The smallest absolute Gasteiger partial charge is 0.163 e.